The highest BCUT2D eigenvalue weighted by molar-refractivity contribution is 5.95. The van der Waals surface area contributed by atoms with Crippen LogP contribution in [-0.2, 0) is 0 Å². The number of pyridine rings is 2. The third-order valence-electron chi connectivity index (χ3n) is 5.31. The maximum atomic E-state index is 5.02. The summed E-state index contributed by atoms with van der Waals surface area (Å²) in [5.74, 6) is 2.10. The van der Waals surface area contributed by atoms with E-state index in [1.807, 2.05) is 30.7 Å². The molecule has 0 saturated carbocycles. The van der Waals surface area contributed by atoms with E-state index in [1.54, 1.807) is 0 Å². The molecule has 4 aromatic heterocycles. The number of hydrogen-bond acceptors (Lipinski definition) is 6. The lowest BCUT2D eigenvalue weighted by molar-refractivity contribution is 0.586. The average Bonchev–Trinajstić information content (AvgIpc) is 3.18. The molecule has 0 radical (unpaired) electrons. The Labute approximate surface area is 163 Å². The molecule has 0 spiro atoms. The maximum absolute atomic E-state index is 5.02. The number of nitrogens with zero attached hydrogens (tertiary/aromatic N) is 5. The van der Waals surface area contributed by atoms with E-state index in [-0.39, 0.29) is 0 Å². The van der Waals surface area contributed by atoms with Gasteiger partial charge in [0, 0.05) is 60.6 Å². The predicted molar refractivity (Wildman–Crippen MR) is 112 cm³/mol. The van der Waals surface area contributed by atoms with Crippen LogP contribution in [0.1, 0.15) is 25.5 Å². The first-order valence-corrected chi connectivity index (χ1v) is 9.76. The van der Waals surface area contributed by atoms with Gasteiger partial charge in [0.15, 0.2) is 5.82 Å². The Morgan fingerprint density at radius 2 is 1.89 bits per heavy atom. The molecule has 142 valence electrons. The molecule has 2 N–H and O–H groups in total. The van der Waals surface area contributed by atoms with Crippen molar-refractivity contribution < 1.29 is 0 Å². The standard InChI is InChI=1S/C21H23N7/c1-13(2)17-11-16-14(4-6-24-19(16)25-17)20-26-18-12-23-5-3-15(18)21(27-20)28-9-7-22-8-10-28/h3-6,11-13,22H,7-10H2,1-2H3,(H,24,25). The molecule has 0 amide bonds. The van der Waals surface area contributed by atoms with Gasteiger partial charge in [0.25, 0.3) is 0 Å². The van der Waals surface area contributed by atoms with Gasteiger partial charge in [0.1, 0.15) is 11.5 Å². The van der Waals surface area contributed by atoms with Crippen LogP contribution in [-0.4, -0.2) is 51.1 Å². The summed E-state index contributed by atoms with van der Waals surface area (Å²) in [6.07, 6.45) is 5.45. The molecular weight excluding hydrogens is 350 g/mol. The fraction of sp³-hybridized carbons (Fsp3) is 0.333. The van der Waals surface area contributed by atoms with Crippen molar-refractivity contribution in [3.63, 3.8) is 0 Å². The first kappa shape index (κ1) is 17.1. The fourth-order valence-corrected chi connectivity index (χ4v) is 3.76. The van der Waals surface area contributed by atoms with Gasteiger partial charge in [0.2, 0.25) is 0 Å². The summed E-state index contributed by atoms with van der Waals surface area (Å²) in [4.78, 5) is 24.4. The number of nitrogens with one attached hydrogen (secondary N) is 2. The molecule has 1 saturated heterocycles. The number of aromatic amines is 1. The highest BCUT2D eigenvalue weighted by Crippen LogP contribution is 2.32. The Balaban J connectivity index is 1.72. The summed E-state index contributed by atoms with van der Waals surface area (Å²) in [7, 11) is 0. The molecule has 28 heavy (non-hydrogen) atoms. The van der Waals surface area contributed by atoms with E-state index >= 15 is 0 Å². The Kier molecular flexibility index (Phi) is 4.16. The Morgan fingerprint density at radius 3 is 2.71 bits per heavy atom. The van der Waals surface area contributed by atoms with E-state index in [9.17, 15) is 0 Å². The average molecular weight is 373 g/mol. The van der Waals surface area contributed by atoms with Crippen molar-refractivity contribution in [3.05, 3.63) is 42.5 Å². The van der Waals surface area contributed by atoms with E-state index in [2.05, 4.69) is 45.1 Å². The number of rotatable bonds is 3. The van der Waals surface area contributed by atoms with Crippen LogP contribution in [0.15, 0.2) is 36.8 Å². The molecule has 1 fully saturated rings. The number of anilines is 1. The van der Waals surface area contributed by atoms with Crippen molar-refractivity contribution in [1.82, 2.24) is 30.2 Å². The van der Waals surface area contributed by atoms with Crippen LogP contribution in [0.3, 0.4) is 0 Å². The van der Waals surface area contributed by atoms with Gasteiger partial charge in [-0.25, -0.2) is 15.0 Å². The van der Waals surface area contributed by atoms with Crippen molar-refractivity contribution in [3.8, 4) is 11.4 Å². The number of H-pyrrole nitrogens is 1. The maximum Gasteiger partial charge on any atom is 0.163 e. The van der Waals surface area contributed by atoms with Gasteiger partial charge in [-0.3, -0.25) is 4.98 Å². The summed E-state index contributed by atoms with van der Waals surface area (Å²) in [5.41, 5.74) is 3.90. The molecule has 0 atom stereocenters. The molecule has 0 unspecified atom stereocenters. The minimum absolute atomic E-state index is 0.403. The van der Waals surface area contributed by atoms with Crippen LogP contribution in [0.5, 0.6) is 0 Å². The van der Waals surface area contributed by atoms with Gasteiger partial charge in [-0.2, -0.15) is 0 Å². The monoisotopic (exact) mass is 373 g/mol. The van der Waals surface area contributed by atoms with Crippen molar-refractivity contribution in [2.45, 2.75) is 19.8 Å². The summed E-state index contributed by atoms with van der Waals surface area (Å²) >= 11 is 0. The van der Waals surface area contributed by atoms with Crippen LogP contribution in [0.2, 0.25) is 0 Å². The molecule has 4 aromatic rings. The SMILES string of the molecule is CC(C)c1cc2c(-c3nc(N4CCNCC4)c4ccncc4n3)ccnc2[nH]1. The lowest BCUT2D eigenvalue weighted by Crippen LogP contribution is -2.44. The lowest BCUT2D eigenvalue weighted by Gasteiger charge is -2.29. The lowest BCUT2D eigenvalue weighted by atomic mass is 10.1. The fourth-order valence-electron chi connectivity index (χ4n) is 3.76. The van der Waals surface area contributed by atoms with Crippen LogP contribution in [0, 0.1) is 0 Å². The third kappa shape index (κ3) is 2.88. The van der Waals surface area contributed by atoms with Crippen molar-refractivity contribution in [2.24, 2.45) is 0 Å². The number of hydrogen-bond donors (Lipinski definition) is 2. The molecule has 0 bridgehead atoms. The molecule has 5 heterocycles. The quantitative estimate of drug-likeness (QED) is 0.574. The van der Waals surface area contributed by atoms with Crippen LogP contribution >= 0.6 is 0 Å². The zero-order valence-corrected chi connectivity index (χ0v) is 16.1. The largest absolute Gasteiger partial charge is 0.353 e. The van der Waals surface area contributed by atoms with Gasteiger partial charge in [-0.1, -0.05) is 13.8 Å². The van der Waals surface area contributed by atoms with E-state index < -0.39 is 0 Å². The zero-order valence-electron chi connectivity index (χ0n) is 16.1. The molecule has 0 aromatic carbocycles. The van der Waals surface area contributed by atoms with E-state index in [4.69, 9.17) is 9.97 Å². The molecule has 0 aliphatic carbocycles. The van der Waals surface area contributed by atoms with Gasteiger partial charge in [-0.15, -0.1) is 0 Å². The Morgan fingerprint density at radius 1 is 1.04 bits per heavy atom. The Bertz CT molecular complexity index is 1140. The molecule has 5 rings (SSSR count). The van der Waals surface area contributed by atoms with Crippen molar-refractivity contribution in [1.29, 1.82) is 0 Å². The molecule has 7 heteroatoms. The minimum Gasteiger partial charge on any atom is -0.353 e. The second-order valence-electron chi connectivity index (χ2n) is 7.50. The summed E-state index contributed by atoms with van der Waals surface area (Å²) in [5, 5.41) is 5.51. The topological polar surface area (TPSA) is 82.6 Å². The van der Waals surface area contributed by atoms with Gasteiger partial charge in [0.05, 0.1) is 11.7 Å². The van der Waals surface area contributed by atoms with E-state index in [0.717, 1.165) is 65.3 Å². The summed E-state index contributed by atoms with van der Waals surface area (Å²) in [6.45, 7) is 8.13. The van der Waals surface area contributed by atoms with E-state index in [1.165, 1.54) is 5.69 Å². The smallest absolute Gasteiger partial charge is 0.163 e. The Hall–Kier alpha value is -3.06. The second kappa shape index (κ2) is 6.83. The van der Waals surface area contributed by atoms with Gasteiger partial charge in [-0.05, 0) is 24.1 Å². The first-order chi connectivity index (χ1) is 13.7. The third-order valence-corrected chi connectivity index (χ3v) is 5.31. The molecule has 1 aliphatic heterocycles. The van der Waals surface area contributed by atoms with Gasteiger partial charge >= 0.3 is 0 Å². The van der Waals surface area contributed by atoms with Crippen LogP contribution in [0.4, 0.5) is 5.82 Å². The number of aromatic nitrogens is 5. The summed E-state index contributed by atoms with van der Waals surface area (Å²) < 4.78 is 0. The van der Waals surface area contributed by atoms with Crippen molar-refractivity contribution in [2.75, 3.05) is 31.1 Å². The molecule has 7 nitrogen and oxygen atoms in total. The van der Waals surface area contributed by atoms with Crippen molar-refractivity contribution >= 4 is 27.8 Å². The highest BCUT2D eigenvalue weighted by Gasteiger charge is 2.19. The van der Waals surface area contributed by atoms with E-state index in [0.29, 0.717) is 5.92 Å². The van der Waals surface area contributed by atoms with Gasteiger partial charge < -0.3 is 15.2 Å². The molecular formula is C21H23N7. The van der Waals surface area contributed by atoms with Crippen LogP contribution < -0.4 is 10.2 Å². The highest BCUT2D eigenvalue weighted by atomic mass is 15.2. The summed E-state index contributed by atoms with van der Waals surface area (Å²) in [6, 6.07) is 6.18. The normalized spacial score (nSPS) is 15.0. The number of piperazine rings is 1. The number of fused-ring (bicyclic) bond motifs is 2. The zero-order chi connectivity index (χ0) is 19.1. The first-order valence-electron chi connectivity index (χ1n) is 9.76. The minimum atomic E-state index is 0.403. The molecule has 1 aliphatic rings. The van der Waals surface area contributed by atoms with Crippen LogP contribution in [0.25, 0.3) is 33.3 Å². The second-order valence-corrected chi connectivity index (χ2v) is 7.50. The predicted octanol–water partition coefficient (Wildman–Crippen LogP) is 3.10.